The maximum atomic E-state index is 14.6. The molecule has 6 nitrogen and oxygen atoms in total. The van der Waals surface area contributed by atoms with Gasteiger partial charge in [-0.3, -0.25) is 15.0 Å². The number of allylic oxidation sites excluding steroid dienone is 3. The number of aryl methyl sites for hydroxylation is 1. The Kier molecular flexibility index (Phi) is 6.68. The summed E-state index contributed by atoms with van der Waals surface area (Å²) in [5.74, 6) is -1.17. The van der Waals surface area contributed by atoms with Crippen LogP contribution in [0.2, 0.25) is 0 Å². The third kappa shape index (κ3) is 4.03. The summed E-state index contributed by atoms with van der Waals surface area (Å²) in [6, 6.07) is 24.6. The number of ether oxygens (including phenoxy) is 1. The van der Waals surface area contributed by atoms with Crippen molar-refractivity contribution in [2.45, 2.75) is 24.7 Å². The highest BCUT2D eigenvalue weighted by atomic mass is 16.5. The van der Waals surface area contributed by atoms with Crippen molar-refractivity contribution < 1.29 is 19.4 Å². The zero-order chi connectivity index (χ0) is 26.0. The first-order valence-corrected chi connectivity index (χ1v) is 12.4. The first-order valence-electron chi connectivity index (χ1n) is 12.4. The lowest BCUT2D eigenvalue weighted by atomic mass is 9.56. The second-order valence-corrected chi connectivity index (χ2v) is 9.43. The van der Waals surface area contributed by atoms with E-state index >= 15 is 0 Å². The number of carbonyl (C=O) groups is 2. The van der Waals surface area contributed by atoms with Crippen LogP contribution in [0.1, 0.15) is 29.0 Å². The van der Waals surface area contributed by atoms with E-state index in [1.807, 2.05) is 91.9 Å². The minimum Gasteiger partial charge on any atom is -0.491 e. The van der Waals surface area contributed by atoms with E-state index in [2.05, 4.69) is 12.0 Å². The van der Waals surface area contributed by atoms with Gasteiger partial charge in [0.05, 0.1) is 23.6 Å². The molecule has 0 spiro atoms. The third-order valence-corrected chi connectivity index (χ3v) is 7.36. The molecular weight excluding hydrogens is 464 g/mol. The number of amides is 2. The smallest absolute Gasteiger partial charge is 0.260 e. The number of hydrazine groups is 1. The van der Waals surface area contributed by atoms with Crippen molar-refractivity contribution in [2.24, 2.45) is 5.92 Å². The number of hydrogen-bond donors (Lipinski definition) is 2. The van der Waals surface area contributed by atoms with Gasteiger partial charge in [-0.15, -0.1) is 0 Å². The highest BCUT2D eigenvalue weighted by Gasteiger charge is 2.66. The molecule has 0 bridgehead atoms. The summed E-state index contributed by atoms with van der Waals surface area (Å²) in [5.41, 5.74) is 6.02. The van der Waals surface area contributed by atoms with Crippen molar-refractivity contribution >= 4 is 17.5 Å². The van der Waals surface area contributed by atoms with Crippen LogP contribution < -0.4 is 10.2 Å². The molecule has 3 aromatic rings. The molecule has 2 amide bonds. The van der Waals surface area contributed by atoms with Crippen LogP contribution in [-0.4, -0.2) is 35.1 Å². The number of imide groups is 1. The van der Waals surface area contributed by atoms with E-state index in [1.165, 1.54) is 5.01 Å². The standard InChI is InChI=1S/C31H30N2O4/c1-3-22-15-18-26-29(35)33(32-24-16-13-21(2)14-17-24)30(36)31(26,23-9-5-4-6-10-23)28(22)25-11-7-8-12-27(25)37-20-19-34/h3-17,26,28,32,34H,1,18-20H2,2H3. The molecular formula is C31H30N2O4. The number of para-hydroxylation sites is 1. The molecule has 0 aromatic heterocycles. The van der Waals surface area contributed by atoms with Gasteiger partial charge in [-0.05, 0) is 42.7 Å². The van der Waals surface area contributed by atoms with Crippen molar-refractivity contribution in [3.05, 3.63) is 120 Å². The molecule has 1 fully saturated rings. The number of nitrogens with one attached hydrogen (secondary N) is 1. The number of nitrogens with zero attached hydrogens (tertiary/aromatic N) is 1. The molecule has 188 valence electrons. The lowest BCUT2D eigenvalue weighted by molar-refractivity contribution is -0.138. The number of aliphatic hydroxyl groups excluding tert-OH is 1. The van der Waals surface area contributed by atoms with Gasteiger partial charge >= 0.3 is 0 Å². The van der Waals surface area contributed by atoms with Crippen LogP contribution in [0.15, 0.2) is 103 Å². The summed E-state index contributed by atoms with van der Waals surface area (Å²) in [4.78, 5) is 28.6. The Balaban J connectivity index is 1.72. The zero-order valence-electron chi connectivity index (χ0n) is 20.8. The van der Waals surface area contributed by atoms with E-state index < -0.39 is 17.3 Å². The van der Waals surface area contributed by atoms with E-state index in [9.17, 15) is 14.7 Å². The number of anilines is 1. The maximum absolute atomic E-state index is 14.6. The van der Waals surface area contributed by atoms with Gasteiger partial charge in [-0.1, -0.05) is 85.0 Å². The van der Waals surface area contributed by atoms with E-state index in [0.29, 0.717) is 17.9 Å². The fourth-order valence-corrected chi connectivity index (χ4v) is 5.73. The lowest BCUT2D eigenvalue weighted by Gasteiger charge is -2.43. The molecule has 3 aromatic carbocycles. The number of aliphatic hydroxyl groups is 1. The fourth-order valence-electron chi connectivity index (χ4n) is 5.73. The molecule has 5 rings (SSSR count). The van der Waals surface area contributed by atoms with Crippen LogP contribution in [0, 0.1) is 12.8 Å². The average molecular weight is 495 g/mol. The summed E-state index contributed by atoms with van der Waals surface area (Å²) in [7, 11) is 0. The molecule has 1 saturated heterocycles. The maximum Gasteiger partial charge on any atom is 0.260 e. The number of carbonyl (C=O) groups excluding carboxylic acids is 2. The molecule has 3 atom stereocenters. The summed E-state index contributed by atoms with van der Waals surface area (Å²) in [5, 5.41) is 10.6. The van der Waals surface area contributed by atoms with Gasteiger partial charge in [-0.25, -0.2) is 0 Å². The van der Waals surface area contributed by atoms with Gasteiger partial charge in [0.1, 0.15) is 12.4 Å². The predicted molar refractivity (Wildman–Crippen MR) is 143 cm³/mol. The van der Waals surface area contributed by atoms with Crippen LogP contribution in [0.5, 0.6) is 5.75 Å². The normalized spacial score (nSPS) is 22.9. The van der Waals surface area contributed by atoms with Gasteiger partial charge in [0, 0.05) is 11.5 Å². The van der Waals surface area contributed by atoms with E-state index in [4.69, 9.17) is 4.74 Å². The van der Waals surface area contributed by atoms with E-state index in [1.54, 1.807) is 6.08 Å². The largest absolute Gasteiger partial charge is 0.491 e. The lowest BCUT2D eigenvalue weighted by Crippen LogP contribution is -2.48. The van der Waals surface area contributed by atoms with Gasteiger partial charge in [0.15, 0.2) is 0 Å². The van der Waals surface area contributed by atoms with Crippen LogP contribution in [0.25, 0.3) is 0 Å². The molecule has 3 unspecified atom stereocenters. The van der Waals surface area contributed by atoms with Crippen LogP contribution >= 0.6 is 0 Å². The molecule has 37 heavy (non-hydrogen) atoms. The van der Waals surface area contributed by atoms with Crippen molar-refractivity contribution in [3.63, 3.8) is 0 Å². The number of fused-ring (bicyclic) bond motifs is 1. The number of benzene rings is 3. The van der Waals surface area contributed by atoms with Gasteiger partial charge in [0.25, 0.3) is 11.8 Å². The number of hydrogen-bond acceptors (Lipinski definition) is 5. The first kappa shape index (κ1) is 24.5. The Labute approximate surface area is 216 Å². The molecule has 0 radical (unpaired) electrons. The molecule has 6 heteroatoms. The molecule has 2 N–H and O–H groups in total. The highest BCUT2D eigenvalue weighted by Crippen LogP contribution is 2.58. The second kappa shape index (κ2) is 10.1. The predicted octanol–water partition coefficient (Wildman–Crippen LogP) is 4.92. The van der Waals surface area contributed by atoms with E-state index in [-0.39, 0.29) is 25.0 Å². The van der Waals surface area contributed by atoms with Gasteiger partial charge in [0.2, 0.25) is 0 Å². The summed E-state index contributed by atoms with van der Waals surface area (Å²) in [6.07, 6.45) is 4.18. The molecule has 1 heterocycles. The van der Waals surface area contributed by atoms with Crippen molar-refractivity contribution in [1.29, 1.82) is 0 Å². The Bertz CT molecular complexity index is 1350. The Morgan fingerprint density at radius 3 is 2.46 bits per heavy atom. The Morgan fingerprint density at radius 1 is 1.05 bits per heavy atom. The molecule has 1 aliphatic heterocycles. The highest BCUT2D eigenvalue weighted by molar-refractivity contribution is 6.12. The van der Waals surface area contributed by atoms with Crippen molar-refractivity contribution in [3.8, 4) is 5.75 Å². The van der Waals surface area contributed by atoms with Crippen LogP contribution in [-0.2, 0) is 15.0 Å². The summed E-state index contributed by atoms with van der Waals surface area (Å²) in [6.45, 7) is 6.02. The summed E-state index contributed by atoms with van der Waals surface area (Å²) < 4.78 is 5.92. The molecule has 1 aliphatic carbocycles. The van der Waals surface area contributed by atoms with Gasteiger partial charge in [-0.2, -0.15) is 5.01 Å². The minimum absolute atomic E-state index is 0.118. The SMILES string of the molecule is C=CC1=CCC2C(=O)N(Nc3ccc(C)cc3)C(=O)C2(c2ccccc2)C1c1ccccc1OCCO. The Morgan fingerprint density at radius 2 is 1.76 bits per heavy atom. The number of rotatable bonds is 8. The summed E-state index contributed by atoms with van der Waals surface area (Å²) >= 11 is 0. The first-order chi connectivity index (χ1) is 18.0. The topological polar surface area (TPSA) is 78.9 Å². The van der Waals surface area contributed by atoms with E-state index in [0.717, 1.165) is 22.3 Å². The third-order valence-electron chi connectivity index (χ3n) is 7.36. The fraction of sp³-hybridized carbons (Fsp3) is 0.226. The van der Waals surface area contributed by atoms with Crippen LogP contribution in [0.4, 0.5) is 5.69 Å². The van der Waals surface area contributed by atoms with Gasteiger partial charge < -0.3 is 9.84 Å². The quantitative estimate of drug-likeness (QED) is 0.435. The minimum atomic E-state index is -1.22. The van der Waals surface area contributed by atoms with Crippen molar-refractivity contribution in [1.82, 2.24) is 5.01 Å². The monoisotopic (exact) mass is 494 g/mol. The molecule has 2 aliphatic rings. The zero-order valence-corrected chi connectivity index (χ0v) is 20.8. The Hall–Kier alpha value is -4.16. The molecule has 0 saturated carbocycles. The van der Waals surface area contributed by atoms with Crippen molar-refractivity contribution in [2.75, 3.05) is 18.6 Å². The average Bonchev–Trinajstić information content (AvgIpc) is 3.15. The second-order valence-electron chi connectivity index (χ2n) is 9.43. The van der Waals surface area contributed by atoms with Crippen LogP contribution in [0.3, 0.4) is 0 Å².